The van der Waals surface area contributed by atoms with Gasteiger partial charge in [-0.15, -0.1) is 0 Å². The second-order valence-electron chi connectivity index (χ2n) is 6.48. The number of benzene rings is 3. The van der Waals surface area contributed by atoms with E-state index in [0.717, 1.165) is 36.9 Å². The number of carbonyl (C=O) groups excluding carboxylic acids is 1. The average molecular weight is 543 g/mol. The van der Waals surface area contributed by atoms with Crippen molar-refractivity contribution in [1.29, 1.82) is 0 Å². The lowest BCUT2D eigenvalue weighted by molar-refractivity contribution is -0.385. The minimum absolute atomic E-state index is 0.245. The molecule has 1 atom stereocenters. The molecule has 0 aliphatic rings. The van der Waals surface area contributed by atoms with Gasteiger partial charge in [-0.3, -0.25) is 14.9 Å². The SMILES string of the molecule is Cc1c(F)c(F)c(Oc2ccc([N+](=O)[O-])c(OC(Sc3ccccc3)C(N)=O)c2)c(Br)c1F. The minimum Gasteiger partial charge on any atom is -0.462 e. The molecule has 172 valence electrons. The summed E-state index contributed by atoms with van der Waals surface area (Å²) in [5.41, 5.74) is 2.93. The number of halogens is 4. The van der Waals surface area contributed by atoms with Crippen LogP contribution in [-0.4, -0.2) is 16.3 Å². The molecular formula is C21H14BrF3N2O5S. The Labute approximate surface area is 198 Å². The van der Waals surface area contributed by atoms with Crippen molar-refractivity contribution < 1.29 is 32.4 Å². The Hall–Kier alpha value is -3.25. The maximum absolute atomic E-state index is 14.4. The van der Waals surface area contributed by atoms with Crippen LogP contribution in [0.2, 0.25) is 0 Å². The number of hydrogen-bond acceptors (Lipinski definition) is 6. The van der Waals surface area contributed by atoms with Crippen molar-refractivity contribution in [3.05, 3.63) is 86.1 Å². The van der Waals surface area contributed by atoms with Crippen LogP contribution in [0.5, 0.6) is 17.2 Å². The van der Waals surface area contributed by atoms with Crippen molar-refractivity contribution >= 4 is 39.3 Å². The van der Waals surface area contributed by atoms with E-state index in [1.54, 1.807) is 30.3 Å². The molecule has 7 nitrogen and oxygen atoms in total. The number of nitro benzene ring substituents is 1. The van der Waals surface area contributed by atoms with Crippen LogP contribution in [0.25, 0.3) is 0 Å². The van der Waals surface area contributed by atoms with Crippen LogP contribution < -0.4 is 15.2 Å². The number of rotatable bonds is 8. The van der Waals surface area contributed by atoms with Crippen LogP contribution in [0.1, 0.15) is 5.56 Å². The monoisotopic (exact) mass is 542 g/mol. The second kappa shape index (κ2) is 10.1. The fourth-order valence-corrected chi connectivity index (χ4v) is 3.99. The molecule has 2 N–H and O–H groups in total. The molecule has 0 saturated heterocycles. The van der Waals surface area contributed by atoms with Crippen molar-refractivity contribution in [2.75, 3.05) is 0 Å². The zero-order valence-electron chi connectivity index (χ0n) is 16.7. The normalized spacial score (nSPS) is 11.7. The molecule has 0 radical (unpaired) electrons. The minimum atomic E-state index is -1.46. The van der Waals surface area contributed by atoms with Gasteiger partial charge in [0, 0.05) is 22.6 Å². The third kappa shape index (κ3) is 5.40. The highest BCUT2D eigenvalue weighted by atomic mass is 79.9. The number of carbonyl (C=O) groups is 1. The van der Waals surface area contributed by atoms with E-state index in [1.807, 2.05) is 0 Å². The molecule has 33 heavy (non-hydrogen) atoms. The van der Waals surface area contributed by atoms with Gasteiger partial charge in [-0.2, -0.15) is 4.39 Å². The summed E-state index contributed by atoms with van der Waals surface area (Å²) in [5.74, 6) is -6.37. The lowest BCUT2D eigenvalue weighted by Gasteiger charge is -2.17. The summed E-state index contributed by atoms with van der Waals surface area (Å²) in [5, 5.41) is 11.4. The highest BCUT2D eigenvalue weighted by Crippen LogP contribution is 2.40. The van der Waals surface area contributed by atoms with E-state index >= 15 is 0 Å². The standard InChI is InChI=1S/C21H14BrF3N2O5S/c1-10-16(23)15(22)19(18(25)17(10)24)31-11-7-8-13(27(29)30)14(9-11)32-21(20(26)28)33-12-5-3-2-4-6-12/h2-9,21H,1H3,(H2,26,28). The second-order valence-corrected chi connectivity index (χ2v) is 8.41. The molecule has 3 aromatic carbocycles. The molecule has 3 aromatic rings. The van der Waals surface area contributed by atoms with E-state index in [9.17, 15) is 28.1 Å². The van der Waals surface area contributed by atoms with Crippen molar-refractivity contribution in [2.45, 2.75) is 17.3 Å². The first kappa shape index (κ1) is 24.4. The fraction of sp³-hybridized carbons (Fsp3) is 0.0952. The summed E-state index contributed by atoms with van der Waals surface area (Å²) >= 11 is 3.72. The quantitative estimate of drug-likeness (QED) is 0.126. The van der Waals surface area contributed by atoms with Crippen molar-refractivity contribution in [1.82, 2.24) is 0 Å². The predicted octanol–water partition coefficient (Wildman–Crippen LogP) is 5.86. The number of ether oxygens (including phenoxy) is 2. The van der Waals surface area contributed by atoms with Gasteiger partial charge in [0.05, 0.1) is 9.40 Å². The van der Waals surface area contributed by atoms with Crippen LogP contribution >= 0.6 is 27.7 Å². The van der Waals surface area contributed by atoms with E-state index in [1.165, 1.54) is 0 Å². The van der Waals surface area contributed by atoms with E-state index in [-0.39, 0.29) is 5.75 Å². The van der Waals surface area contributed by atoms with Gasteiger partial charge >= 0.3 is 5.69 Å². The predicted molar refractivity (Wildman–Crippen MR) is 118 cm³/mol. The average Bonchev–Trinajstić information content (AvgIpc) is 2.79. The lowest BCUT2D eigenvalue weighted by atomic mass is 10.2. The number of primary amides is 1. The summed E-state index contributed by atoms with van der Waals surface area (Å²) in [7, 11) is 0. The number of nitrogens with zero attached hydrogens (tertiary/aromatic N) is 1. The van der Waals surface area contributed by atoms with Gasteiger partial charge in [0.15, 0.2) is 11.6 Å². The Balaban J connectivity index is 1.98. The number of nitro groups is 1. The molecule has 1 unspecified atom stereocenters. The van der Waals surface area contributed by atoms with E-state index in [0.29, 0.717) is 4.90 Å². The van der Waals surface area contributed by atoms with Gasteiger partial charge in [0.25, 0.3) is 5.91 Å². The molecule has 0 fully saturated rings. The summed E-state index contributed by atoms with van der Waals surface area (Å²) in [4.78, 5) is 23.2. The smallest absolute Gasteiger partial charge is 0.311 e. The zero-order chi connectivity index (χ0) is 24.3. The van der Waals surface area contributed by atoms with Crippen LogP contribution in [0, 0.1) is 34.5 Å². The highest BCUT2D eigenvalue weighted by Gasteiger charge is 2.27. The van der Waals surface area contributed by atoms with Gasteiger partial charge in [-0.25, -0.2) is 8.78 Å². The Morgan fingerprint density at radius 3 is 2.39 bits per heavy atom. The van der Waals surface area contributed by atoms with Crippen LogP contribution in [0.4, 0.5) is 18.9 Å². The van der Waals surface area contributed by atoms with E-state index in [4.69, 9.17) is 15.2 Å². The number of amides is 1. The maximum Gasteiger partial charge on any atom is 0.311 e. The molecule has 0 heterocycles. The first-order chi connectivity index (χ1) is 15.6. The molecule has 0 aliphatic heterocycles. The first-order valence-corrected chi connectivity index (χ1v) is 10.7. The van der Waals surface area contributed by atoms with Gasteiger partial charge in [0.1, 0.15) is 11.6 Å². The third-order valence-electron chi connectivity index (χ3n) is 4.24. The van der Waals surface area contributed by atoms with Gasteiger partial charge < -0.3 is 15.2 Å². The molecule has 0 spiro atoms. The third-order valence-corrected chi connectivity index (χ3v) is 6.04. The number of thioether (sulfide) groups is 1. The molecule has 0 aliphatic carbocycles. The van der Waals surface area contributed by atoms with Crippen molar-refractivity contribution in [2.24, 2.45) is 5.73 Å². The Bertz CT molecular complexity index is 1200. The van der Waals surface area contributed by atoms with E-state index in [2.05, 4.69) is 15.9 Å². The van der Waals surface area contributed by atoms with Crippen LogP contribution in [-0.2, 0) is 4.79 Å². The maximum atomic E-state index is 14.4. The molecule has 0 aromatic heterocycles. The summed E-state index contributed by atoms with van der Waals surface area (Å²) in [6.45, 7) is 1.05. The Morgan fingerprint density at radius 2 is 1.79 bits per heavy atom. The Kier molecular flexibility index (Phi) is 7.49. The van der Waals surface area contributed by atoms with Gasteiger partial charge in [-0.1, -0.05) is 30.0 Å². The molecule has 0 saturated carbocycles. The zero-order valence-corrected chi connectivity index (χ0v) is 19.1. The first-order valence-electron chi connectivity index (χ1n) is 9.06. The Morgan fingerprint density at radius 1 is 1.12 bits per heavy atom. The van der Waals surface area contributed by atoms with Gasteiger partial charge in [-0.05, 0) is 41.1 Å². The summed E-state index contributed by atoms with van der Waals surface area (Å²) in [6, 6.07) is 11.6. The largest absolute Gasteiger partial charge is 0.462 e. The molecule has 1 amide bonds. The highest BCUT2D eigenvalue weighted by molar-refractivity contribution is 9.10. The van der Waals surface area contributed by atoms with Crippen molar-refractivity contribution in [3.8, 4) is 17.2 Å². The molecule has 0 bridgehead atoms. The number of nitrogens with two attached hydrogens (primary N) is 1. The molecule has 12 heteroatoms. The van der Waals surface area contributed by atoms with Crippen LogP contribution in [0.15, 0.2) is 57.9 Å². The van der Waals surface area contributed by atoms with Gasteiger partial charge in [0.2, 0.25) is 17.0 Å². The molecule has 3 rings (SSSR count). The van der Waals surface area contributed by atoms with Crippen LogP contribution in [0.3, 0.4) is 0 Å². The summed E-state index contributed by atoms with van der Waals surface area (Å²) < 4.78 is 52.8. The summed E-state index contributed by atoms with van der Waals surface area (Å²) in [6.07, 6.45) is 0. The fourth-order valence-electron chi connectivity index (χ4n) is 2.61. The lowest BCUT2D eigenvalue weighted by Crippen LogP contribution is -2.31. The molecular weight excluding hydrogens is 529 g/mol. The van der Waals surface area contributed by atoms with E-state index < -0.39 is 60.9 Å². The van der Waals surface area contributed by atoms with Crippen molar-refractivity contribution in [3.63, 3.8) is 0 Å². The topological polar surface area (TPSA) is 105 Å². The number of hydrogen-bond donors (Lipinski definition) is 1.